The number of carbonyl (C=O) groups excluding carboxylic acids is 2. The van der Waals surface area contributed by atoms with Crippen LogP contribution < -0.4 is 15.5 Å². The Morgan fingerprint density at radius 2 is 1.67 bits per heavy atom. The average Bonchev–Trinajstić information content (AvgIpc) is 2.81. The Kier molecular flexibility index (Phi) is 9.13. The van der Waals surface area contributed by atoms with E-state index in [1.165, 1.54) is 6.21 Å². The van der Waals surface area contributed by atoms with Gasteiger partial charge in [-0.3, -0.25) is 9.59 Å². The van der Waals surface area contributed by atoms with Gasteiger partial charge in [-0.05, 0) is 47.9 Å². The molecule has 33 heavy (non-hydrogen) atoms. The summed E-state index contributed by atoms with van der Waals surface area (Å²) in [5, 5.41) is 7.76. The van der Waals surface area contributed by atoms with Gasteiger partial charge in [-0.2, -0.15) is 5.10 Å². The third-order valence-corrected chi connectivity index (χ3v) is 5.44. The number of benzene rings is 3. The van der Waals surface area contributed by atoms with Crippen LogP contribution in [-0.4, -0.2) is 24.6 Å². The van der Waals surface area contributed by atoms with Crippen LogP contribution in [0.5, 0.6) is 5.75 Å². The molecule has 0 unspecified atom stereocenters. The van der Waals surface area contributed by atoms with Crippen molar-refractivity contribution in [2.24, 2.45) is 5.10 Å². The molecule has 0 saturated heterocycles. The number of halogens is 3. The van der Waals surface area contributed by atoms with Crippen molar-refractivity contribution < 1.29 is 14.3 Å². The molecule has 2 N–H and O–H groups in total. The molecule has 0 aliphatic heterocycles. The lowest BCUT2D eigenvalue weighted by Gasteiger charge is -2.10. The number of hydrogen-bond donors (Lipinski definition) is 2. The highest BCUT2D eigenvalue weighted by molar-refractivity contribution is 6.42. The second-order valence-corrected chi connectivity index (χ2v) is 8.16. The Bertz CT molecular complexity index is 1150. The summed E-state index contributed by atoms with van der Waals surface area (Å²) >= 11 is 18.0. The van der Waals surface area contributed by atoms with Crippen LogP contribution in [0.25, 0.3) is 0 Å². The van der Waals surface area contributed by atoms with Gasteiger partial charge in [0, 0.05) is 17.1 Å². The van der Waals surface area contributed by atoms with Gasteiger partial charge in [0.25, 0.3) is 0 Å². The molecular formula is C24H20Cl3N3O3. The Labute approximate surface area is 206 Å². The molecule has 3 aromatic carbocycles. The summed E-state index contributed by atoms with van der Waals surface area (Å²) in [5.41, 5.74) is 4.60. The second kappa shape index (κ2) is 12.3. The summed E-state index contributed by atoms with van der Waals surface area (Å²) in [6, 6.07) is 19.8. The fourth-order valence-corrected chi connectivity index (χ4v) is 3.30. The predicted octanol–water partition coefficient (Wildman–Crippen LogP) is 5.03. The van der Waals surface area contributed by atoms with E-state index in [-0.39, 0.29) is 6.61 Å². The zero-order valence-electron chi connectivity index (χ0n) is 17.4. The Morgan fingerprint density at radius 1 is 0.879 bits per heavy atom. The van der Waals surface area contributed by atoms with Gasteiger partial charge in [0.1, 0.15) is 12.4 Å². The lowest BCUT2D eigenvalue weighted by atomic mass is 10.1. The molecule has 6 nitrogen and oxygen atoms in total. The molecule has 0 saturated carbocycles. The summed E-state index contributed by atoms with van der Waals surface area (Å²) in [6.07, 6.45) is 1.97. The molecule has 0 bridgehead atoms. The summed E-state index contributed by atoms with van der Waals surface area (Å²) < 4.78 is 5.83. The molecule has 0 spiro atoms. The van der Waals surface area contributed by atoms with Crippen LogP contribution in [0.15, 0.2) is 71.8 Å². The van der Waals surface area contributed by atoms with E-state index < -0.39 is 11.8 Å². The number of amides is 2. The maximum absolute atomic E-state index is 12.0. The largest absolute Gasteiger partial charge is 0.488 e. The number of carbonyl (C=O) groups is 2. The quantitative estimate of drug-likeness (QED) is 0.256. The van der Waals surface area contributed by atoms with Crippen molar-refractivity contribution in [3.63, 3.8) is 0 Å². The highest BCUT2D eigenvalue weighted by atomic mass is 35.5. The first-order valence-electron chi connectivity index (χ1n) is 9.94. The van der Waals surface area contributed by atoms with E-state index in [0.717, 1.165) is 11.1 Å². The molecule has 0 fully saturated rings. The zero-order valence-corrected chi connectivity index (χ0v) is 19.6. The Hall–Kier alpha value is -3.06. The van der Waals surface area contributed by atoms with Crippen LogP contribution in [0.4, 0.5) is 0 Å². The number of hydrazone groups is 1. The standard InChI is InChI=1S/C24H20Cl3N3O3/c25-19-7-9-22(33-15-17-6-8-20(26)21(27)12-17)18(13-19)14-29-30-24(32)23(31)28-11-10-16-4-2-1-3-5-16/h1-9,12-14H,10-11,15H2,(H,28,31)(H,30,32)/b29-14-. The van der Waals surface area contributed by atoms with Crippen LogP contribution in [0.2, 0.25) is 15.1 Å². The SMILES string of the molecule is O=C(NCCc1ccccc1)C(=O)N/N=C\c1cc(Cl)ccc1OCc1ccc(Cl)c(Cl)c1. The number of nitrogens with one attached hydrogen (secondary N) is 2. The minimum absolute atomic E-state index is 0.232. The van der Waals surface area contributed by atoms with E-state index in [1.807, 2.05) is 30.3 Å². The first-order chi connectivity index (χ1) is 15.9. The molecule has 0 aliphatic rings. The van der Waals surface area contributed by atoms with Crippen LogP contribution in [0.1, 0.15) is 16.7 Å². The maximum atomic E-state index is 12.0. The van der Waals surface area contributed by atoms with Gasteiger partial charge < -0.3 is 10.1 Å². The second-order valence-electron chi connectivity index (χ2n) is 6.91. The predicted molar refractivity (Wildman–Crippen MR) is 131 cm³/mol. The van der Waals surface area contributed by atoms with Gasteiger partial charge in [0.15, 0.2) is 0 Å². The van der Waals surface area contributed by atoms with Crippen molar-refractivity contribution >= 4 is 52.8 Å². The molecule has 0 radical (unpaired) electrons. The number of ether oxygens (including phenoxy) is 1. The first-order valence-corrected chi connectivity index (χ1v) is 11.1. The van der Waals surface area contributed by atoms with Crippen molar-refractivity contribution in [2.75, 3.05) is 6.54 Å². The fourth-order valence-electron chi connectivity index (χ4n) is 2.80. The van der Waals surface area contributed by atoms with Gasteiger partial charge in [-0.15, -0.1) is 0 Å². The van der Waals surface area contributed by atoms with Gasteiger partial charge in [-0.1, -0.05) is 71.2 Å². The van der Waals surface area contributed by atoms with E-state index in [1.54, 1.807) is 36.4 Å². The maximum Gasteiger partial charge on any atom is 0.329 e. The lowest BCUT2D eigenvalue weighted by Crippen LogP contribution is -2.38. The number of nitrogens with zero attached hydrogens (tertiary/aromatic N) is 1. The normalized spacial score (nSPS) is 10.8. The molecule has 9 heteroatoms. The number of hydrogen-bond acceptors (Lipinski definition) is 4. The summed E-state index contributed by atoms with van der Waals surface area (Å²) in [7, 11) is 0. The van der Waals surface area contributed by atoms with Gasteiger partial charge in [-0.25, -0.2) is 5.43 Å². The van der Waals surface area contributed by atoms with Gasteiger partial charge in [0.2, 0.25) is 0 Å². The van der Waals surface area contributed by atoms with Crippen LogP contribution in [-0.2, 0) is 22.6 Å². The third-order valence-electron chi connectivity index (χ3n) is 4.47. The summed E-state index contributed by atoms with van der Waals surface area (Å²) in [4.78, 5) is 23.9. The molecule has 0 heterocycles. The average molecular weight is 505 g/mol. The first kappa shape index (κ1) is 24.6. The fraction of sp³-hybridized carbons (Fsp3) is 0.125. The van der Waals surface area contributed by atoms with Gasteiger partial charge in [0.05, 0.1) is 16.3 Å². The molecule has 0 aromatic heterocycles. The van der Waals surface area contributed by atoms with Crippen LogP contribution in [0.3, 0.4) is 0 Å². The minimum Gasteiger partial charge on any atom is -0.488 e. The topological polar surface area (TPSA) is 79.8 Å². The van der Waals surface area contributed by atoms with E-state index in [9.17, 15) is 9.59 Å². The smallest absolute Gasteiger partial charge is 0.329 e. The van der Waals surface area contributed by atoms with Crippen molar-refractivity contribution in [1.82, 2.24) is 10.7 Å². The highest BCUT2D eigenvalue weighted by Gasteiger charge is 2.12. The van der Waals surface area contributed by atoms with E-state index in [4.69, 9.17) is 39.5 Å². The monoisotopic (exact) mass is 503 g/mol. The number of rotatable bonds is 8. The molecule has 170 valence electrons. The summed E-state index contributed by atoms with van der Waals surface area (Å²) in [5.74, 6) is -1.17. The molecule has 0 aliphatic carbocycles. The third kappa shape index (κ3) is 7.79. The molecule has 3 rings (SSSR count). The van der Waals surface area contributed by atoms with Crippen molar-refractivity contribution in [3.05, 3.63) is 98.5 Å². The van der Waals surface area contributed by atoms with E-state index in [2.05, 4.69) is 15.8 Å². The molecule has 3 aromatic rings. The van der Waals surface area contributed by atoms with Crippen molar-refractivity contribution in [3.8, 4) is 5.75 Å². The van der Waals surface area contributed by atoms with Crippen molar-refractivity contribution in [2.45, 2.75) is 13.0 Å². The van der Waals surface area contributed by atoms with E-state index >= 15 is 0 Å². The summed E-state index contributed by atoms with van der Waals surface area (Å²) in [6.45, 7) is 0.566. The Morgan fingerprint density at radius 3 is 2.42 bits per heavy atom. The Balaban J connectivity index is 1.53. The van der Waals surface area contributed by atoms with Crippen LogP contribution in [0, 0.1) is 0 Å². The lowest BCUT2D eigenvalue weighted by molar-refractivity contribution is -0.139. The minimum atomic E-state index is -0.875. The van der Waals surface area contributed by atoms with E-state index in [0.29, 0.717) is 39.3 Å². The molecule has 0 atom stereocenters. The molecular weight excluding hydrogens is 485 g/mol. The zero-order chi connectivity index (χ0) is 23.6. The highest BCUT2D eigenvalue weighted by Crippen LogP contribution is 2.25. The van der Waals surface area contributed by atoms with Crippen molar-refractivity contribution in [1.29, 1.82) is 0 Å². The molecule has 2 amide bonds. The van der Waals surface area contributed by atoms with Crippen LogP contribution >= 0.6 is 34.8 Å². The van der Waals surface area contributed by atoms with Gasteiger partial charge >= 0.3 is 11.8 Å².